The van der Waals surface area contributed by atoms with E-state index in [9.17, 15) is 4.79 Å². The van der Waals surface area contributed by atoms with Crippen LogP contribution in [0.1, 0.15) is 5.56 Å². The molecule has 1 aromatic carbocycles. The average molecular weight is 282 g/mol. The molecule has 16 heavy (non-hydrogen) atoms. The number of hydrogen-bond acceptors (Lipinski definition) is 2. The summed E-state index contributed by atoms with van der Waals surface area (Å²) in [5.41, 5.74) is 2.21. The molecule has 0 atom stereocenters. The highest BCUT2D eigenvalue weighted by atomic mass is 79.9. The number of hydrogen-bond donors (Lipinski definition) is 0. The summed E-state index contributed by atoms with van der Waals surface area (Å²) in [6, 6.07) is 9.67. The summed E-state index contributed by atoms with van der Waals surface area (Å²) in [6.07, 6.45) is -0.248. The molecule has 0 radical (unpaired) electrons. The summed E-state index contributed by atoms with van der Waals surface area (Å²) >= 11 is 3.24. The van der Waals surface area contributed by atoms with Gasteiger partial charge in [0.15, 0.2) is 0 Å². The third kappa shape index (κ3) is 2.64. The predicted molar refractivity (Wildman–Crippen MR) is 65.2 cm³/mol. The van der Waals surface area contributed by atoms with Gasteiger partial charge in [0.1, 0.15) is 6.61 Å². The van der Waals surface area contributed by atoms with Crippen LogP contribution in [0.25, 0.3) is 0 Å². The molecular formula is C12H12BrNO2. The molecular weight excluding hydrogens is 270 g/mol. The minimum atomic E-state index is -0.248. The van der Waals surface area contributed by atoms with Crippen molar-refractivity contribution in [1.82, 2.24) is 4.90 Å². The van der Waals surface area contributed by atoms with Gasteiger partial charge < -0.3 is 9.64 Å². The molecule has 1 aliphatic heterocycles. The first kappa shape index (κ1) is 11.2. The van der Waals surface area contributed by atoms with Crippen LogP contribution in [0.3, 0.4) is 0 Å². The first-order valence-corrected chi connectivity index (χ1v) is 5.95. The van der Waals surface area contributed by atoms with E-state index in [0.717, 1.165) is 5.56 Å². The van der Waals surface area contributed by atoms with Gasteiger partial charge in [-0.25, -0.2) is 4.79 Å². The van der Waals surface area contributed by atoms with Crippen molar-refractivity contribution >= 4 is 22.0 Å². The maximum absolute atomic E-state index is 11.5. The van der Waals surface area contributed by atoms with E-state index in [1.165, 1.54) is 5.57 Å². The third-order valence-corrected chi connectivity index (χ3v) is 3.05. The molecule has 0 N–H and O–H groups in total. The zero-order valence-electron chi connectivity index (χ0n) is 8.73. The first-order chi connectivity index (χ1) is 7.79. The van der Waals surface area contributed by atoms with Crippen molar-refractivity contribution in [3.05, 3.63) is 46.5 Å². The molecule has 0 aromatic heterocycles. The van der Waals surface area contributed by atoms with E-state index >= 15 is 0 Å². The second-order valence-electron chi connectivity index (χ2n) is 3.66. The summed E-state index contributed by atoms with van der Waals surface area (Å²) in [5.74, 6) is 0. The van der Waals surface area contributed by atoms with E-state index < -0.39 is 0 Å². The molecule has 3 nitrogen and oxygen atoms in total. The lowest BCUT2D eigenvalue weighted by Crippen LogP contribution is -2.44. The van der Waals surface area contributed by atoms with Gasteiger partial charge in [-0.3, -0.25) is 0 Å². The van der Waals surface area contributed by atoms with Crippen LogP contribution in [-0.2, 0) is 11.3 Å². The molecule has 84 valence electrons. The topological polar surface area (TPSA) is 29.5 Å². The Hall–Kier alpha value is -1.29. The second-order valence-corrected chi connectivity index (χ2v) is 4.12. The van der Waals surface area contributed by atoms with Gasteiger partial charge in [0.05, 0.1) is 0 Å². The molecule has 0 unspecified atom stereocenters. The summed E-state index contributed by atoms with van der Waals surface area (Å²) in [4.78, 5) is 15.0. The van der Waals surface area contributed by atoms with E-state index in [2.05, 4.69) is 15.9 Å². The molecule has 0 saturated carbocycles. The van der Waals surface area contributed by atoms with Crippen LogP contribution in [-0.4, -0.2) is 24.1 Å². The van der Waals surface area contributed by atoms with Gasteiger partial charge >= 0.3 is 6.09 Å². The summed E-state index contributed by atoms with van der Waals surface area (Å²) in [5, 5.41) is 0. The predicted octanol–water partition coefficient (Wildman–Crippen LogP) is 2.92. The number of halogens is 1. The van der Waals surface area contributed by atoms with Crippen molar-refractivity contribution in [2.24, 2.45) is 0 Å². The molecule has 1 aromatic rings. The first-order valence-electron chi connectivity index (χ1n) is 5.03. The van der Waals surface area contributed by atoms with Crippen molar-refractivity contribution in [3.8, 4) is 0 Å². The number of carbonyl (C=O) groups excluding carboxylic acids is 1. The largest absolute Gasteiger partial charge is 0.445 e. The van der Waals surface area contributed by atoms with Crippen LogP contribution in [0, 0.1) is 0 Å². The minimum Gasteiger partial charge on any atom is -0.445 e. The van der Waals surface area contributed by atoms with Gasteiger partial charge in [-0.2, -0.15) is 0 Å². The number of nitrogens with zero attached hydrogens (tertiary/aromatic N) is 1. The third-order valence-electron chi connectivity index (χ3n) is 2.41. The Bertz CT molecular complexity index is 395. The fraction of sp³-hybridized carbons (Fsp3) is 0.250. The van der Waals surface area contributed by atoms with Crippen molar-refractivity contribution in [1.29, 1.82) is 0 Å². The van der Waals surface area contributed by atoms with E-state index in [1.54, 1.807) is 4.90 Å². The van der Waals surface area contributed by atoms with Crippen LogP contribution in [0.2, 0.25) is 0 Å². The standard InChI is InChI=1S/C12H12BrNO2/c13-6-11-7-14(8-11)12(15)16-9-10-4-2-1-3-5-10/h1-6H,7-9H2. The molecule has 4 heteroatoms. The molecule has 0 bridgehead atoms. The van der Waals surface area contributed by atoms with Crippen molar-refractivity contribution in [2.45, 2.75) is 6.61 Å². The molecule has 1 saturated heterocycles. The highest BCUT2D eigenvalue weighted by Crippen LogP contribution is 2.17. The highest BCUT2D eigenvalue weighted by molar-refractivity contribution is 9.11. The quantitative estimate of drug-likeness (QED) is 0.834. The van der Waals surface area contributed by atoms with Crippen LogP contribution >= 0.6 is 15.9 Å². The van der Waals surface area contributed by atoms with Gasteiger partial charge in [0.2, 0.25) is 0 Å². The average Bonchev–Trinajstić information content (AvgIpc) is 2.26. The Balaban J connectivity index is 1.77. The maximum atomic E-state index is 11.5. The molecule has 1 amide bonds. The Morgan fingerprint density at radius 2 is 2.06 bits per heavy atom. The highest BCUT2D eigenvalue weighted by Gasteiger charge is 2.25. The lowest BCUT2D eigenvalue weighted by Gasteiger charge is -2.32. The fourth-order valence-corrected chi connectivity index (χ4v) is 1.74. The normalized spacial score (nSPS) is 14.3. The molecule has 1 fully saturated rings. The van der Waals surface area contributed by atoms with Crippen LogP contribution < -0.4 is 0 Å². The number of amides is 1. The number of benzene rings is 1. The second kappa shape index (κ2) is 5.16. The monoisotopic (exact) mass is 281 g/mol. The molecule has 1 heterocycles. The van der Waals surface area contributed by atoms with Gasteiger partial charge in [-0.15, -0.1) is 0 Å². The van der Waals surface area contributed by atoms with Crippen LogP contribution in [0.5, 0.6) is 0 Å². The molecule has 0 spiro atoms. The number of likely N-dealkylation sites (tertiary alicyclic amines) is 1. The molecule has 1 aliphatic rings. The van der Waals surface area contributed by atoms with Gasteiger partial charge in [-0.1, -0.05) is 46.3 Å². The summed E-state index contributed by atoms with van der Waals surface area (Å²) in [7, 11) is 0. The summed E-state index contributed by atoms with van der Waals surface area (Å²) in [6.45, 7) is 1.67. The SMILES string of the molecule is O=C(OCc1ccccc1)N1CC(=CBr)C1. The minimum absolute atomic E-state index is 0.248. The van der Waals surface area contributed by atoms with E-state index in [1.807, 2.05) is 35.3 Å². The Morgan fingerprint density at radius 3 is 2.69 bits per heavy atom. The zero-order valence-corrected chi connectivity index (χ0v) is 10.3. The Labute approximate surface area is 103 Å². The van der Waals surface area contributed by atoms with E-state index in [-0.39, 0.29) is 6.09 Å². The van der Waals surface area contributed by atoms with Crippen LogP contribution in [0.15, 0.2) is 40.9 Å². The van der Waals surface area contributed by atoms with Gasteiger partial charge in [-0.05, 0) is 16.1 Å². The number of carbonyl (C=O) groups is 1. The van der Waals surface area contributed by atoms with Gasteiger partial charge in [0, 0.05) is 13.1 Å². The lowest BCUT2D eigenvalue weighted by molar-refractivity contribution is 0.0905. The fourth-order valence-electron chi connectivity index (χ4n) is 1.45. The van der Waals surface area contributed by atoms with Crippen molar-refractivity contribution < 1.29 is 9.53 Å². The number of ether oxygens (including phenoxy) is 1. The number of rotatable bonds is 2. The van der Waals surface area contributed by atoms with Crippen molar-refractivity contribution in [2.75, 3.05) is 13.1 Å². The Morgan fingerprint density at radius 1 is 1.38 bits per heavy atom. The maximum Gasteiger partial charge on any atom is 0.410 e. The van der Waals surface area contributed by atoms with E-state index in [4.69, 9.17) is 4.74 Å². The Kier molecular flexibility index (Phi) is 3.62. The molecule has 0 aliphatic carbocycles. The zero-order chi connectivity index (χ0) is 11.4. The van der Waals surface area contributed by atoms with Gasteiger partial charge in [0.25, 0.3) is 0 Å². The smallest absolute Gasteiger partial charge is 0.410 e. The van der Waals surface area contributed by atoms with E-state index in [0.29, 0.717) is 19.7 Å². The van der Waals surface area contributed by atoms with Crippen molar-refractivity contribution in [3.63, 3.8) is 0 Å². The lowest BCUT2D eigenvalue weighted by atomic mass is 10.1. The van der Waals surface area contributed by atoms with Crippen LogP contribution in [0.4, 0.5) is 4.79 Å². The summed E-state index contributed by atoms with van der Waals surface area (Å²) < 4.78 is 5.17. The molecule has 2 rings (SSSR count).